The van der Waals surface area contributed by atoms with Crippen molar-refractivity contribution in [3.05, 3.63) is 29.8 Å². The van der Waals surface area contributed by atoms with E-state index in [0.717, 1.165) is 45.1 Å². The largest absolute Gasteiger partial charge is 0.494 e. The topological polar surface area (TPSA) is 21.7 Å². The van der Waals surface area contributed by atoms with Gasteiger partial charge in [-0.15, -0.1) is 0 Å². The number of benzene rings is 1. The molecule has 0 N–H and O–H groups in total. The Hall–Kier alpha value is -1.06. The van der Waals surface area contributed by atoms with Gasteiger partial charge in [-0.25, -0.2) is 0 Å². The number of hydrogen-bond acceptors (Lipinski definition) is 3. The number of aryl methyl sites for hydroxylation is 1. The lowest BCUT2D eigenvalue weighted by Crippen LogP contribution is -2.36. The Morgan fingerprint density at radius 3 is 1.78 bits per heavy atom. The van der Waals surface area contributed by atoms with Crippen molar-refractivity contribution in [2.75, 3.05) is 39.5 Å². The second kappa shape index (κ2) is 19.4. The molecule has 1 aliphatic heterocycles. The summed E-state index contributed by atoms with van der Waals surface area (Å²) < 4.78 is 11.4. The highest BCUT2D eigenvalue weighted by Crippen LogP contribution is 2.16. The molecule has 1 saturated heterocycles. The standard InChI is InChI=1S/C29H51NO2/c1-2-3-4-5-6-7-8-9-10-11-12-13-14-15-25-32-29-20-18-28(19-21-29)17-16-22-30-23-26-31-27-24-30/h18-21H,2-17,22-27H2,1H3. The molecule has 0 unspecified atom stereocenters. The summed E-state index contributed by atoms with van der Waals surface area (Å²) in [5, 5.41) is 0. The molecule has 0 aliphatic carbocycles. The van der Waals surface area contributed by atoms with Crippen molar-refractivity contribution in [3.8, 4) is 5.75 Å². The third-order valence-corrected chi connectivity index (χ3v) is 6.73. The molecule has 184 valence electrons. The normalized spacial score (nSPS) is 14.7. The highest BCUT2D eigenvalue weighted by atomic mass is 16.5. The van der Waals surface area contributed by atoms with Crippen LogP contribution in [-0.4, -0.2) is 44.4 Å². The van der Waals surface area contributed by atoms with Crippen molar-refractivity contribution in [1.82, 2.24) is 4.90 Å². The maximum Gasteiger partial charge on any atom is 0.119 e. The van der Waals surface area contributed by atoms with Crippen LogP contribution in [0.5, 0.6) is 5.75 Å². The zero-order valence-electron chi connectivity index (χ0n) is 21.1. The first-order valence-corrected chi connectivity index (χ1v) is 13.9. The molecule has 32 heavy (non-hydrogen) atoms. The van der Waals surface area contributed by atoms with E-state index >= 15 is 0 Å². The minimum Gasteiger partial charge on any atom is -0.494 e. The summed E-state index contributed by atoms with van der Waals surface area (Å²) >= 11 is 0. The average Bonchev–Trinajstić information content (AvgIpc) is 2.83. The van der Waals surface area contributed by atoms with Gasteiger partial charge >= 0.3 is 0 Å². The fourth-order valence-electron chi connectivity index (χ4n) is 4.57. The molecule has 0 aromatic heterocycles. The van der Waals surface area contributed by atoms with E-state index in [2.05, 4.69) is 36.1 Å². The predicted octanol–water partition coefficient (Wildman–Crippen LogP) is 7.81. The van der Waals surface area contributed by atoms with Crippen molar-refractivity contribution >= 4 is 0 Å². The van der Waals surface area contributed by atoms with E-state index in [1.165, 1.54) is 108 Å². The quantitative estimate of drug-likeness (QED) is 0.191. The summed E-state index contributed by atoms with van der Waals surface area (Å²) in [4.78, 5) is 2.51. The lowest BCUT2D eigenvalue weighted by atomic mass is 10.0. The third kappa shape index (κ3) is 14.2. The Kier molecular flexibility index (Phi) is 16.5. The van der Waals surface area contributed by atoms with Crippen LogP contribution in [0.15, 0.2) is 24.3 Å². The first-order chi connectivity index (χ1) is 15.9. The molecule has 0 saturated carbocycles. The summed E-state index contributed by atoms with van der Waals surface area (Å²) in [7, 11) is 0. The highest BCUT2D eigenvalue weighted by molar-refractivity contribution is 5.27. The van der Waals surface area contributed by atoms with E-state index < -0.39 is 0 Å². The van der Waals surface area contributed by atoms with Crippen LogP contribution < -0.4 is 4.74 Å². The predicted molar refractivity (Wildman–Crippen MR) is 138 cm³/mol. The Morgan fingerprint density at radius 2 is 1.22 bits per heavy atom. The number of ether oxygens (including phenoxy) is 2. The van der Waals surface area contributed by atoms with Gasteiger partial charge in [0.2, 0.25) is 0 Å². The summed E-state index contributed by atoms with van der Waals surface area (Å²) in [5.41, 5.74) is 1.42. The number of rotatable bonds is 20. The molecule has 1 aromatic rings. The molecule has 0 bridgehead atoms. The maximum atomic E-state index is 5.95. The lowest BCUT2D eigenvalue weighted by Gasteiger charge is -2.26. The second-order valence-electron chi connectivity index (χ2n) is 9.65. The van der Waals surface area contributed by atoms with E-state index in [1.54, 1.807) is 0 Å². The molecule has 0 radical (unpaired) electrons. The Labute approximate surface area is 199 Å². The summed E-state index contributed by atoms with van der Waals surface area (Å²) in [6.07, 6.45) is 22.0. The molecule has 1 aliphatic rings. The summed E-state index contributed by atoms with van der Waals surface area (Å²) in [5.74, 6) is 1.02. The molecule has 3 heteroatoms. The molecule has 0 atom stereocenters. The summed E-state index contributed by atoms with van der Waals surface area (Å²) in [6.45, 7) is 8.30. The minimum absolute atomic E-state index is 0.856. The number of nitrogens with zero attached hydrogens (tertiary/aromatic N) is 1. The molecule has 0 spiro atoms. The zero-order valence-corrected chi connectivity index (χ0v) is 21.1. The van der Waals surface area contributed by atoms with Crippen LogP contribution in [0.1, 0.15) is 109 Å². The van der Waals surface area contributed by atoms with Crippen LogP contribution in [0, 0.1) is 0 Å². The molecule has 0 amide bonds. The van der Waals surface area contributed by atoms with E-state index in [1.807, 2.05) is 0 Å². The van der Waals surface area contributed by atoms with Crippen molar-refractivity contribution in [1.29, 1.82) is 0 Å². The van der Waals surface area contributed by atoms with Gasteiger partial charge in [-0.1, -0.05) is 103 Å². The van der Waals surface area contributed by atoms with E-state index in [4.69, 9.17) is 9.47 Å². The third-order valence-electron chi connectivity index (χ3n) is 6.73. The number of morpholine rings is 1. The van der Waals surface area contributed by atoms with Gasteiger partial charge < -0.3 is 9.47 Å². The lowest BCUT2D eigenvalue weighted by molar-refractivity contribution is 0.0374. The number of hydrogen-bond donors (Lipinski definition) is 0. The van der Waals surface area contributed by atoms with Gasteiger partial charge in [-0.3, -0.25) is 4.90 Å². The summed E-state index contributed by atoms with van der Waals surface area (Å²) in [6, 6.07) is 8.77. The van der Waals surface area contributed by atoms with Crippen LogP contribution in [-0.2, 0) is 11.2 Å². The van der Waals surface area contributed by atoms with E-state index in [9.17, 15) is 0 Å². The van der Waals surface area contributed by atoms with Gasteiger partial charge in [0.1, 0.15) is 5.75 Å². The van der Waals surface area contributed by atoms with Crippen molar-refractivity contribution in [2.45, 2.75) is 110 Å². The first-order valence-electron chi connectivity index (χ1n) is 13.9. The van der Waals surface area contributed by atoms with Crippen LogP contribution in [0.3, 0.4) is 0 Å². The van der Waals surface area contributed by atoms with Gasteiger partial charge in [-0.05, 0) is 43.5 Å². The monoisotopic (exact) mass is 445 g/mol. The molecular weight excluding hydrogens is 394 g/mol. The van der Waals surface area contributed by atoms with Gasteiger partial charge in [-0.2, -0.15) is 0 Å². The van der Waals surface area contributed by atoms with E-state index in [0.29, 0.717) is 0 Å². The van der Waals surface area contributed by atoms with Crippen molar-refractivity contribution in [3.63, 3.8) is 0 Å². The Balaban J connectivity index is 1.35. The van der Waals surface area contributed by atoms with Crippen LogP contribution in [0.4, 0.5) is 0 Å². The molecule has 1 heterocycles. The molecule has 3 nitrogen and oxygen atoms in total. The zero-order chi connectivity index (χ0) is 22.5. The minimum atomic E-state index is 0.856. The highest BCUT2D eigenvalue weighted by Gasteiger charge is 2.09. The fraction of sp³-hybridized carbons (Fsp3) is 0.793. The Morgan fingerprint density at radius 1 is 0.688 bits per heavy atom. The molecule has 2 rings (SSSR count). The van der Waals surface area contributed by atoms with E-state index in [-0.39, 0.29) is 0 Å². The molecule has 1 aromatic carbocycles. The fourth-order valence-corrected chi connectivity index (χ4v) is 4.57. The smallest absolute Gasteiger partial charge is 0.119 e. The molecular formula is C29H51NO2. The van der Waals surface area contributed by atoms with Gasteiger partial charge in [0.25, 0.3) is 0 Å². The van der Waals surface area contributed by atoms with Gasteiger partial charge in [0.15, 0.2) is 0 Å². The molecule has 1 fully saturated rings. The van der Waals surface area contributed by atoms with Crippen molar-refractivity contribution < 1.29 is 9.47 Å². The van der Waals surface area contributed by atoms with Gasteiger partial charge in [0, 0.05) is 13.1 Å². The average molecular weight is 446 g/mol. The van der Waals surface area contributed by atoms with Crippen LogP contribution in [0.2, 0.25) is 0 Å². The SMILES string of the molecule is CCCCCCCCCCCCCCCCOc1ccc(CCCN2CCOCC2)cc1. The number of unbranched alkanes of at least 4 members (excludes halogenated alkanes) is 13. The van der Waals surface area contributed by atoms with Crippen LogP contribution in [0.25, 0.3) is 0 Å². The second-order valence-corrected chi connectivity index (χ2v) is 9.65. The van der Waals surface area contributed by atoms with Crippen LogP contribution >= 0.6 is 0 Å². The Bertz CT molecular complexity index is 524. The van der Waals surface area contributed by atoms with Gasteiger partial charge in [0.05, 0.1) is 19.8 Å². The van der Waals surface area contributed by atoms with Crippen molar-refractivity contribution in [2.24, 2.45) is 0 Å². The first kappa shape index (κ1) is 27.2. The maximum absolute atomic E-state index is 5.95.